The number of ether oxygens (including phenoxy) is 1. The zero-order valence-electron chi connectivity index (χ0n) is 12.2. The molecule has 0 bridgehead atoms. The van der Waals surface area contributed by atoms with Crippen molar-refractivity contribution in [2.24, 2.45) is 0 Å². The first-order valence-corrected chi connectivity index (χ1v) is 7.53. The van der Waals surface area contributed by atoms with Crippen molar-refractivity contribution in [1.82, 2.24) is 10.3 Å². The van der Waals surface area contributed by atoms with Crippen molar-refractivity contribution in [1.29, 1.82) is 0 Å². The van der Waals surface area contributed by atoms with Gasteiger partial charge in [0.1, 0.15) is 5.75 Å². The van der Waals surface area contributed by atoms with Gasteiger partial charge in [0.05, 0.1) is 12.8 Å². The standard InChI is InChI=1S/C16H26N2O/c1-13-10-16(19-2)11-15(18-13)12-17-14-8-6-4-3-5-7-9-14/h10-11,14,17H,3-9,12H2,1-2H3. The summed E-state index contributed by atoms with van der Waals surface area (Å²) in [5, 5.41) is 3.67. The molecule has 1 aromatic rings. The van der Waals surface area contributed by atoms with Gasteiger partial charge in [0.2, 0.25) is 0 Å². The highest BCUT2D eigenvalue weighted by atomic mass is 16.5. The fourth-order valence-corrected chi connectivity index (χ4v) is 2.82. The quantitative estimate of drug-likeness (QED) is 0.900. The van der Waals surface area contributed by atoms with E-state index >= 15 is 0 Å². The fraction of sp³-hybridized carbons (Fsp3) is 0.688. The maximum Gasteiger partial charge on any atom is 0.122 e. The third kappa shape index (κ3) is 4.83. The van der Waals surface area contributed by atoms with Crippen LogP contribution in [-0.4, -0.2) is 18.1 Å². The molecular formula is C16H26N2O. The van der Waals surface area contributed by atoms with E-state index in [-0.39, 0.29) is 0 Å². The third-order valence-electron chi connectivity index (χ3n) is 3.89. The van der Waals surface area contributed by atoms with Crippen LogP contribution in [0.4, 0.5) is 0 Å². The summed E-state index contributed by atoms with van der Waals surface area (Å²) >= 11 is 0. The van der Waals surface area contributed by atoms with E-state index in [4.69, 9.17) is 4.74 Å². The summed E-state index contributed by atoms with van der Waals surface area (Å²) in [7, 11) is 1.71. The molecule has 1 fully saturated rings. The van der Waals surface area contributed by atoms with Crippen molar-refractivity contribution in [3.05, 3.63) is 23.5 Å². The molecule has 1 aromatic heterocycles. The Kier molecular flexibility index (Phi) is 5.64. The second kappa shape index (κ2) is 7.49. The number of aromatic nitrogens is 1. The Morgan fingerprint density at radius 3 is 2.53 bits per heavy atom. The van der Waals surface area contributed by atoms with Gasteiger partial charge in [0.25, 0.3) is 0 Å². The van der Waals surface area contributed by atoms with E-state index in [1.807, 2.05) is 19.1 Å². The number of hydrogen-bond donors (Lipinski definition) is 1. The molecule has 0 unspecified atom stereocenters. The summed E-state index contributed by atoms with van der Waals surface area (Å²) in [5.74, 6) is 0.905. The Bertz CT molecular complexity index is 384. The van der Waals surface area contributed by atoms with E-state index in [1.54, 1.807) is 7.11 Å². The lowest BCUT2D eigenvalue weighted by molar-refractivity contribution is 0.385. The molecule has 0 aliphatic heterocycles. The van der Waals surface area contributed by atoms with Crippen LogP contribution < -0.4 is 10.1 Å². The van der Waals surface area contributed by atoms with Gasteiger partial charge in [-0.3, -0.25) is 4.98 Å². The van der Waals surface area contributed by atoms with Crippen LogP contribution in [0.15, 0.2) is 12.1 Å². The van der Waals surface area contributed by atoms with E-state index in [9.17, 15) is 0 Å². The largest absolute Gasteiger partial charge is 0.497 e. The van der Waals surface area contributed by atoms with Gasteiger partial charge in [0, 0.05) is 30.4 Å². The third-order valence-corrected chi connectivity index (χ3v) is 3.89. The molecule has 3 heteroatoms. The molecule has 0 atom stereocenters. The molecule has 0 amide bonds. The maximum absolute atomic E-state index is 5.30. The molecule has 1 saturated carbocycles. The van der Waals surface area contributed by atoms with Gasteiger partial charge in [-0.2, -0.15) is 0 Å². The van der Waals surface area contributed by atoms with Gasteiger partial charge in [-0.15, -0.1) is 0 Å². The molecule has 106 valence electrons. The van der Waals surface area contributed by atoms with Gasteiger partial charge < -0.3 is 10.1 Å². The van der Waals surface area contributed by atoms with Crippen molar-refractivity contribution in [3.63, 3.8) is 0 Å². The number of aryl methyl sites for hydroxylation is 1. The molecule has 19 heavy (non-hydrogen) atoms. The Balaban J connectivity index is 1.88. The Morgan fingerprint density at radius 2 is 1.84 bits per heavy atom. The highest BCUT2D eigenvalue weighted by Gasteiger charge is 2.11. The Hall–Kier alpha value is -1.09. The second-order valence-electron chi connectivity index (χ2n) is 5.56. The van der Waals surface area contributed by atoms with Crippen LogP contribution >= 0.6 is 0 Å². The molecule has 1 aliphatic carbocycles. The average Bonchev–Trinajstić information content (AvgIpc) is 2.36. The van der Waals surface area contributed by atoms with E-state index in [1.165, 1.54) is 44.9 Å². The zero-order chi connectivity index (χ0) is 13.5. The zero-order valence-corrected chi connectivity index (χ0v) is 12.2. The lowest BCUT2D eigenvalue weighted by Gasteiger charge is -2.21. The summed E-state index contributed by atoms with van der Waals surface area (Å²) in [4.78, 5) is 4.57. The molecule has 0 radical (unpaired) electrons. The Labute approximate surface area is 116 Å². The molecule has 1 N–H and O–H groups in total. The molecule has 0 spiro atoms. The number of methoxy groups -OCH3 is 1. The molecule has 3 nitrogen and oxygen atoms in total. The summed E-state index contributed by atoms with van der Waals surface area (Å²) in [5.41, 5.74) is 2.10. The second-order valence-corrected chi connectivity index (χ2v) is 5.56. The number of rotatable bonds is 4. The van der Waals surface area contributed by atoms with Crippen LogP contribution in [0.25, 0.3) is 0 Å². The maximum atomic E-state index is 5.30. The smallest absolute Gasteiger partial charge is 0.122 e. The van der Waals surface area contributed by atoms with Crippen LogP contribution in [0.2, 0.25) is 0 Å². The van der Waals surface area contributed by atoms with E-state index in [0.717, 1.165) is 23.7 Å². The van der Waals surface area contributed by atoms with Gasteiger partial charge in [-0.25, -0.2) is 0 Å². The monoisotopic (exact) mass is 262 g/mol. The summed E-state index contributed by atoms with van der Waals surface area (Å²) in [6.45, 7) is 2.87. The molecule has 1 heterocycles. The van der Waals surface area contributed by atoms with Crippen molar-refractivity contribution in [2.75, 3.05) is 7.11 Å². The van der Waals surface area contributed by atoms with Crippen molar-refractivity contribution in [3.8, 4) is 5.75 Å². The summed E-state index contributed by atoms with van der Waals surface area (Å²) < 4.78 is 5.30. The molecule has 0 saturated heterocycles. The van der Waals surface area contributed by atoms with Crippen LogP contribution in [-0.2, 0) is 6.54 Å². The average molecular weight is 262 g/mol. The Morgan fingerprint density at radius 1 is 1.16 bits per heavy atom. The van der Waals surface area contributed by atoms with E-state index in [0.29, 0.717) is 6.04 Å². The van der Waals surface area contributed by atoms with Crippen LogP contribution in [0.3, 0.4) is 0 Å². The van der Waals surface area contributed by atoms with Crippen molar-refractivity contribution >= 4 is 0 Å². The number of nitrogens with zero attached hydrogens (tertiary/aromatic N) is 1. The minimum absolute atomic E-state index is 0.661. The number of pyridine rings is 1. The SMILES string of the molecule is COc1cc(C)nc(CNC2CCCCCCC2)c1. The van der Waals surface area contributed by atoms with Crippen molar-refractivity contribution < 1.29 is 4.74 Å². The predicted octanol–water partition coefficient (Wildman–Crippen LogP) is 3.60. The summed E-state index contributed by atoms with van der Waals surface area (Å²) in [6.07, 6.45) is 9.56. The minimum atomic E-state index is 0.661. The first kappa shape index (κ1) is 14.3. The van der Waals surface area contributed by atoms with E-state index in [2.05, 4.69) is 10.3 Å². The first-order chi connectivity index (χ1) is 9.28. The van der Waals surface area contributed by atoms with Gasteiger partial charge in [-0.05, 0) is 19.8 Å². The number of nitrogens with one attached hydrogen (secondary N) is 1. The lowest BCUT2D eigenvalue weighted by atomic mass is 9.97. The predicted molar refractivity (Wildman–Crippen MR) is 78.5 cm³/mol. The fourth-order valence-electron chi connectivity index (χ4n) is 2.82. The summed E-state index contributed by atoms with van der Waals surface area (Å²) in [6, 6.07) is 4.66. The van der Waals surface area contributed by atoms with Gasteiger partial charge in [0.15, 0.2) is 0 Å². The van der Waals surface area contributed by atoms with Crippen LogP contribution in [0.5, 0.6) is 5.75 Å². The van der Waals surface area contributed by atoms with Crippen LogP contribution in [0.1, 0.15) is 56.3 Å². The van der Waals surface area contributed by atoms with Gasteiger partial charge >= 0.3 is 0 Å². The van der Waals surface area contributed by atoms with E-state index < -0.39 is 0 Å². The van der Waals surface area contributed by atoms with Crippen molar-refractivity contribution in [2.45, 2.75) is 64.5 Å². The topological polar surface area (TPSA) is 34.1 Å². The molecule has 0 aromatic carbocycles. The number of hydrogen-bond acceptors (Lipinski definition) is 3. The first-order valence-electron chi connectivity index (χ1n) is 7.53. The molecule has 1 aliphatic rings. The lowest BCUT2D eigenvalue weighted by Crippen LogP contribution is -2.29. The highest BCUT2D eigenvalue weighted by Crippen LogP contribution is 2.18. The molecule has 2 rings (SSSR count). The molecular weight excluding hydrogens is 236 g/mol. The van der Waals surface area contributed by atoms with Gasteiger partial charge in [-0.1, -0.05) is 32.1 Å². The normalized spacial score (nSPS) is 17.8. The minimum Gasteiger partial charge on any atom is -0.497 e. The van der Waals surface area contributed by atoms with Crippen LogP contribution in [0, 0.1) is 6.92 Å². The highest BCUT2D eigenvalue weighted by molar-refractivity contribution is 5.26.